The molecular formula is C16H17NO. The highest BCUT2D eigenvalue weighted by Crippen LogP contribution is 2.29. The minimum absolute atomic E-state index is 0.276. The minimum Gasteiger partial charge on any atom is -0.369 e. The van der Waals surface area contributed by atoms with Crippen LogP contribution < -0.4 is 5.73 Å². The fourth-order valence-electron chi connectivity index (χ4n) is 2.10. The number of rotatable bonds is 3. The number of hydrogen-bond donors (Lipinski definition) is 1. The van der Waals surface area contributed by atoms with Crippen molar-refractivity contribution in [1.29, 1.82) is 0 Å². The van der Waals surface area contributed by atoms with Crippen LogP contribution in [0.15, 0.2) is 48.5 Å². The van der Waals surface area contributed by atoms with E-state index in [4.69, 9.17) is 5.73 Å². The summed E-state index contributed by atoms with van der Waals surface area (Å²) >= 11 is 0. The highest BCUT2D eigenvalue weighted by atomic mass is 16.1. The predicted octanol–water partition coefficient (Wildman–Crippen LogP) is 3.25. The zero-order chi connectivity index (χ0) is 13.1. The third kappa shape index (κ3) is 2.43. The van der Waals surface area contributed by atoms with Crippen molar-refractivity contribution in [2.24, 2.45) is 5.73 Å². The van der Waals surface area contributed by atoms with E-state index < -0.39 is 0 Å². The number of hydrogen-bond acceptors (Lipinski definition) is 1. The van der Waals surface area contributed by atoms with Crippen molar-refractivity contribution in [3.63, 3.8) is 0 Å². The van der Waals surface area contributed by atoms with Gasteiger partial charge in [0.15, 0.2) is 0 Å². The lowest BCUT2D eigenvalue weighted by Crippen LogP contribution is -2.19. The summed E-state index contributed by atoms with van der Waals surface area (Å²) in [7, 11) is 0. The van der Waals surface area contributed by atoms with Crippen LogP contribution in [0.1, 0.15) is 24.0 Å². The molecule has 0 aromatic heterocycles. The van der Waals surface area contributed by atoms with Crippen LogP contribution in [-0.2, 0) is 4.79 Å². The molecule has 0 aliphatic heterocycles. The summed E-state index contributed by atoms with van der Waals surface area (Å²) in [6.45, 7) is 3.90. The number of aryl methyl sites for hydroxylation is 1. The molecule has 92 valence electrons. The van der Waals surface area contributed by atoms with Crippen LogP contribution in [-0.4, -0.2) is 5.91 Å². The summed E-state index contributed by atoms with van der Waals surface area (Å²) in [4.78, 5) is 11.4. The van der Waals surface area contributed by atoms with Gasteiger partial charge in [-0.25, -0.2) is 0 Å². The lowest BCUT2D eigenvalue weighted by atomic mass is 9.91. The summed E-state index contributed by atoms with van der Waals surface area (Å²) in [5.41, 5.74) is 9.79. The largest absolute Gasteiger partial charge is 0.369 e. The van der Waals surface area contributed by atoms with Gasteiger partial charge in [-0.3, -0.25) is 4.79 Å². The maximum absolute atomic E-state index is 11.4. The van der Waals surface area contributed by atoms with Gasteiger partial charge in [0.25, 0.3) is 0 Å². The molecule has 0 radical (unpaired) electrons. The van der Waals surface area contributed by atoms with Crippen LogP contribution >= 0.6 is 0 Å². The van der Waals surface area contributed by atoms with Crippen LogP contribution in [0.2, 0.25) is 0 Å². The summed E-state index contributed by atoms with van der Waals surface area (Å²) < 4.78 is 0. The Kier molecular flexibility index (Phi) is 3.47. The highest BCUT2D eigenvalue weighted by Gasteiger charge is 2.15. The Hall–Kier alpha value is -2.09. The van der Waals surface area contributed by atoms with Gasteiger partial charge >= 0.3 is 0 Å². The summed E-state index contributed by atoms with van der Waals surface area (Å²) in [5.74, 6) is -0.572. The molecule has 0 aliphatic carbocycles. The van der Waals surface area contributed by atoms with E-state index in [2.05, 4.69) is 25.1 Å². The molecule has 1 amide bonds. The number of primary amides is 1. The van der Waals surface area contributed by atoms with E-state index in [1.165, 1.54) is 5.56 Å². The van der Waals surface area contributed by atoms with E-state index in [1.54, 1.807) is 0 Å². The average Bonchev–Trinajstić information content (AvgIpc) is 2.38. The first-order valence-corrected chi connectivity index (χ1v) is 6.05. The van der Waals surface area contributed by atoms with Crippen molar-refractivity contribution in [2.45, 2.75) is 19.8 Å². The molecule has 2 nitrogen and oxygen atoms in total. The molecule has 1 atom stereocenters. The molecule has 2 N–H and O–H groups in total. The van der Waals surface area contributed by atoms with Gasteiger partial charge < -0.3 is 5.73 Å². The number of carbonyl (C=O) groups is 1. The Morgan fingerprint density at radius 2 is 1.83 bits per heavy atom. The van der Waals surface area contributed by atoms with E-state index >= 15 is 0 Å². The first-order chi connectivity index (χ1) is 8.59. The molecular weight excluding hydrogens is 222 g/mol. The summed E-state index contributed by atoms with van der Waals surface area (Å²) in [5, 5.41) is 0. The Bertz CT molecular complexity index is 575. The zero-order valence-corrected chi connectivity index (χ0v) is 10.7. The SMILES string of the molecule is Cc1cccc(-c2ccccc2C(C)C(N)=O)c1. The maximum Gasteiger partial charge on any atom is 0.224 e. The van der Waals surface area contributed by atoms with Gasteiger partial charge in [-0.05, 0) is 30.5 Å². The van der Waals surface area contributed by atoms with Crippen LogP contribution in [0, 0.1) is 6.92 Å². The molecule has 0 aliphatic rings. The molecule has 0 saturated heterocycles. The standard InChI is InChI=1S/C16H17NO/c1-11-6-5-7-13(10-11)15-9-4-3-8-14(15)12(2)16(17)18/h3-10,12H,1-2H3,(H2,17,18). The lowest BCUT2D eigenvalue weighted by Gasteiger charge is -2.14. The number of amides is 1. The fourth-order valence-corrected chi connectivity index (χ4v) is 2.10. The zero-order valence-electron chi connectivity index (χ0n) is 10.7. The van der Waals surface area contributed by atoms with Crippen LogP contribution in [0.25, 0.3) is 11.1 Å². The topological polar surface area (TPSA) is 43.1 Å². The number of nitrogens with two attached hydrogens (primary N) is 1. The Balaban J connectivity index is 2.55. The van der Waals surface area contributed by atoms with Crippen LogP contribution in [0.5, 0.6) is 0 Å². The second-order valence-electron chi connectivity index (χ2n) is 4.58. The number of carbonyl (C=O) groups excluding carboxylic acids is 1. The van der Waals surface area contributed by atoms with Crippen molar-refractivity contribution in [3.05, 3.63) is 59.7 Å². The van der Waals surface area contributed by atoms with Crippen molar-refractivity contribution in [2.75, 3.05) is 0 Å². The molecule has 0 saturated carbocycles. The quantitative estimate of drug-likeness (QED) is 0.877. The molecule has 0 heterocycles. The van der Waals surface area contributed by atoms with E-state index in [-0.39, 0.29) is 11.8 Å². The van der Waals surface area contributed by atoms with Crippen molar-refractivity contribution >= 4 is 5.91 Å². The molecule has 2 heteroatoms. The molecule has 2 aromatic rings. The van der Waals surface area contributed by atoms with Crippen LogP contribution in [0.4, 0.5) is 0 Å². The number of benzene rings is 2. The van der Waals surface area contributed by atoms with Gasteiger partial charge in [0.05, 0.1) is 5.92 Å². The highest BCUT2D eigenvalue weighted by molar-refractivity contribution is 5.85. The van der Waals surface area contributed by atoms with Gasteiger partial charge in [0.1, 0.15) is 0 Å². The first-order valence-electron chi connectivity index (χ1n) is 6.05. The fraction of sp³-hybridized carbons (Fsp3) is 0.188. The van der Waals surface area contributed by atoms with E-state index in [9.17, 15) is 4.79 Å². The van der Waals surface area contributed by atoms with E-state index in [1.807, 2.05) is 37.3 Å². The normalized spacial score (nSPS) is 12.1. The van der Waals surface area contributed by atoms with Gasteiger partial charge in [-0.2, -0.15) is 0 Å². The Labute approximate surface area is 107 Å². The smallest absolute Gasteiger partial charge is 0.224 e. The molecule has 2 rings (SSSR count). The molecule has 18 heavy (non-hydrogen) atoms. The van der Waals surface area contributed by atoms with E-state index in [0.29, 0.717) is 0 Å². The van der Waals surface area contributed by atoms with Crippen molar-refractivity contribution in [1.82, 2.24) is 0 Å². The second-order valence-corrected chi connectivity index (χ2v) is 4.58. The molecule has 1 unspecified atom stereocenters. The molecule has 2 aromatic carbocycles. The van der Waals surface area contributed by atoms with Gasteiger partial charge in [0, 0.05) is 0 Å². The first kappa shape index (κ1) is 12.4. The molecule has 0 fully saturated rings. The average molecular weight is 239 g/mol. The van der Waals surface area contributed by atoms with E-state index in [0.717, 1.165) is 16.7 Å². The Morgan fingerprint density at radius 3 is 2.50 bits per heavy atom. The van der Waals surface area contributed by atoms with Crippen molar-refractivity contribution in [3.8, 4) is 11.1 Å². The maximum atomic E-state index is 11.4. The third-order valence-corrected chi connectivity index (χ3v) is 3.18. The van der Waals surface area contributed by atoms with Gasteiger partial charge in [-0.1, -0.05) is 54.1 Å². The van der Waals surface area contributed by atoms with Crippen molar-refractivity contribution < 1.29 is 4.79 Å². The monoisotopic (exact) mass is 239 g/mol. The summed E-state index contributed by atoms with van der Waals surface area (Å²) in [6, 6.07) is 16.2. The predicted molar refractivity (Wildman–Crippen MR) is 74.2 cm³/mol. The van der Waals surface area contributed by atoms with Gasteiger partial charge in [-0.15, -0.1) is 0 Å². The second kappa shape index (κ2) is 5.05. The lowest BCUT2D eigenvalue weighted by molar-refractivity contribution is -0.119. The third-order valence-electron chi connectivity index (χ3n) is 3.18. The van der Waals surface area contributed by atoms with Crippen LogP contribution in [0.3, 0.4) is 0 Å². The summed E-state index contributed by atoms with van der Waals surface area (Å²) in [6.07, 6.45) is 0. The molecule has 0 bridgehead atoms. The van der Waals surface area contributed by atoms with Gasteiger partial charge in [0.2, 0.25) is 5.91 Å². The molecule has 0 spiro atoms. The Morgan fingerprint density at radius 1 is 1.11 bits per heavy atom. The minimum atomic E-state index is -0.296.